The highest BCUT2D eigenvalue weighted by Crippen LogP contribution is 2.16. The van der Waals surface area contributed by atoms with Gasteiger partial charge in [0, 0.05) is 6.54 Å². The van der Waals surface area contributed by atoms with Gasteiger partial charge in [-0.15, -0.1) is 0 Å². The van der Waals surface area contributed by atoms with Crippen molar-refractivity contribution in [1.29, 1.82) is 0 Å². The van der Waals surface area contributed by atoms with Gasteiger partial charge in [0.1, 0.15) is 12.4 Å². The Hall–Kier alpha value is -2.49. The molecular formula is C17H19NO3. The van der Waals surface area contributed by atoms with E-state index in [0.717, 1.165) is 29.7 Å². The summed E-state index contributed by atoms with van der Waals surface area (Å²) in [7, 11) is 0. The van der Waals surface area contributed by atoms with E-state index >= 15 is 0 Å². The number of rotatable bonds is 7. The molecule has 0 aliphatic carbocycles. The Morgan fingerprint density at radius 2 is 1.81 bits per heavy atom. The van der Waals surface area contributed by atoms with E-state index in [2.05, 4.69) is 5.32 Å². The lowest BCUT2D eigenvalue weighted by molar-refractivity contribution is 0.194. The van der Waals surface area contributed by atoms with E-state index in [-0.39, 0.29) is 0 Å². The fourth-order valence-electron chi connectivity index (χ4n) is 2.02. The molecule has 4 heteroatoms. The molecule has 0 aromatic heterocycles. The zero-order chi connectivity index (χ0) is 14.9. The molecule has 0 aliphatic heterocycles. The molecular weight excluding hydrogens is 266 g/mol. The zero-order valence-corrected chi connectivity index (χ0v) is 11.8. The predicted molar refractivity (Wildman–Crippen MR) is 81.6 cm³/mol. The Balaban J connectivity index is 1.81. The summed E-state index contributed by atoms with van der Waals surface area (Å²) >= 11 is 0. The molecule has 0 unspecified atom stereocenters. The summed E-state index contributed by atoms with van der Waals surface area (Å²) in [5, 5.41) is 10.9. The minimum atomic E-state index is -0.977. The Kier molecular flexibility index (Phi) is 5.64. The Labute approximate surface area is 124 Å². The van der Waals surface area contributed by atoms with Crippen LogP contribution in [0.3, 0.4) is 0 Å². The first-order chi connectivity index (χ1) is 10.2. The number of hydrogen-bond donors (Lipinski definition) is 2. The van der Waals surface area contributed by atoms with Gasteiger partial charge in [-0.3, -0.25) is 0 Å². The molecule has 0 saturated heterocycles. The smallest absolute Gasteiger partial charge is 0.404 e. The second-order valence-electron chi connectivity index (χ2n) is 4.76. The van der Waals surface area contributed by atoms with E-state index in [1.165, 1.54) is 0 Å². The van der Waals surface area contributed by atoms with Gasteiger partial charge in [-0.25, -0.2) is 4.79 Å². The van der Waals surface area contributed by atoms with Crippen LogP contribution in [0.1, 0.15) is 17.5 Å². The topological polar surface area (TPSA) is 58.6 Å². The van der Waals surface area contributed by atoms with Crippen molar-refractivity contribution in [3.8, 4) is 5.75 Å². The first kappa shape index (κ1) is 14.9. The number of hydrogen-bond acceptors (Lipinski definition) is 2. The van der Waals surface area contributed by atoms with Crippen LogP contribution in [0.5, 0.6) is 5.75 Å². The molecule has 0 radical (unpaired) electrons. The van der Waals surface area contributed by atoms with Crippen LogP contribution in [0.2, 0.25) is 0 Å². The van der Waals surface area contributed by atoms with Crippen molar-refractivity contribution >= 4 is 6.09 Å². The van der Waals surface area contributed by atoms with Crippen molar-refractivity contribution in [3.05, 3.63) is 65.7 Å². The number of nitrogens with one attached hydrogen (secondary N) is 1. The van der Waals surface area contributed by atoms with Crippen LogP contribution in [0.4, 0.5) is 4.79 Å². The third-order valence-corrected chi connectivity index (χ3v) is 3.07. The molecule has 0 saturated carbocycles. The van der Waals surface area contributed by atoms with Gasteiger partial charge in [-0.2, -0.15) is 0 Å². The van der Waals surface area contributed by atoms with Gasteiger partial charge < -0.3 is 15.2 Å². The standard InChI is InChI=1S/C17H19NO3/c19-17(20)18-11-5-9-14-8-4-10-16(12-14)21-13-15-6-2-1-3-7-15/h1-4,6-8,10,12,18H,5,9,11,13H2,(H,19,20). The minimum Gasteiger partial charge on any atom is -0.489 e. The summed E-state index contributed by atoms with van der Waals surface area (Å²) < 4.78 is 5.77. The fourth-order valence-corrected chi connectivity index (χ4v) is 2.02. The van der Waals surface area contributed by atoms with Crippen LogP contribution in [0.25, 0.3) is 0 Å². The minimum absolute atomic E-state index is 0.463. The number of carboxylic acid groups (broad SMARTS) is 1. The fraction of sp³-hybridized carbons (Fsp3) is 0.235. The summed E-state index contributed by atoms with van der Waals surface area (Å²) in [6.07, 6.45) is 0.618. The molecule has 2 rings (SSSR count). The maximum absolute atomic E-state index is 10.4. The van der Waals surface area contributed by atoms with Gasteiger partial charge >= 0.3 is 6.09 Å². The molecule has 0 spiro atoms. The second-order valence-corrected chi connectivity index (χ2v) is 4.76. The van der Waals surface area contributed by atoms with Crippen LogP contribution < -0.4 is 10.1 Å². The van der Waals surface area contributed by atoms with Crippen molar-refractivity contribution in [2.75, 3.05) is 6.54 Å². The maximum atomic E-state index is 10.4. The maximum Gasteiger partial charge on any atom is 0.404 e. The molecule has 0 heterocycles. The lowest BCUT2D eigenvalue weighted by atomic mass is 10.1. The van der Waals surface area contributed by atoms with Gasteiger partial charge in [0.25, 0.3) is 0 Å². The van der Waals surface area contributed by atoms with E-state index in [1.54, 1.807) is 0 Å². The number of ether oxygens (including phenoxy) is 1. The highest BCUT2D eigenvalue weighted by molar-refractivity contribution is 5.64. The SMILES string of the molecule is O=C(O)NCCCc1cccc(OCc2ccccc2)c1. The summed E-state index contributed by atoms with van der Waals surface area (Å²) in [5.74, 6) is 0.836. The molecule has 21 heavy (non-hydrogen) atoms. The molecule has 110 valence electrons. The van der Waals surface area contributed by atoms with Gasteiger partial charge in [0.2, 0.25) is 0 Å². The monoisotopic (exact) mass is 285 g/mol. The van der Waals surface area contributed by atoms with Crippen molar-refractivity contribution in [2.24, 2.45) is 0 Å². The summed E-state index contributed by atoms with van der Waals surface area (Å²) in [6, 6.07) is 17.9. The number of carbonyl (C=O) groups is 1. The van der Waals surface area contributed by atoms with Crippen molar-refractivity contribution < 1.29 is 14.6 Å². The third-order valence-electron chi connectivity index (χ3n) is 3.07. The van der Waals surface area contributed by atoms with E-state index in [9.17, 15) is 4.79 Å². The van der Waals surface area contributed by atoms with Crippen molar-refractivity contribution in [3.63, 3.8) is 0 Å². The Morgan fingerprint density at radius 1 is 1.05 bits per heavy atom. The van der Waals surface area contributed by atoms with E-state index in [0.29, 0.717) is 13.2 Å². The Morgan fingerprint density at radius 3 is 2.57 bits per heavy atom. The Bertz CT molecular complexity index is 569. The number of aryl methyl sites for hydroxylation is 1. The molecule has 0 fully saturated rings. The average molecular weight is 285 g/mol. The van der Waals surface area contributed by atoms with E-state index in [4.69, 9.17) is 9.84 Å². The summed E-state index contributed by atoms with van der Waals surface area (Å²) in [4.78, 5) is 10.4. The molecule has 0 bridgehead atoms. The van der Waals surface area contributed by atoms with Crippen LogP contribution in [-0.4, -0.2) is 17.7 Å². The summed E-state index contributed by atoms with van der Waals surface area (Å²) in [6.45, 7) is 1.01. The number of benzene rings is 2. The van der Waals surface area contributed by atoms with Gasteiger partial charge in [-0.1, -0.05) is 42.5 Å². The van der Waals surface area contributed by atoms with Crippen molar-refractivity contribution in [2.45, 2.75) is 19.4 Å². The normalized spacial score (nSPS) is 10.1. The van der Waals surface area contributed by atoms with Crippen LogP contribution in [0.15, 0.2) is 54.6 Å². The molecule has 4 nitrogen and oxygen atoms in total. The van der Waals surface area contributed by atoms with Gasteiger partial charge in [-0.05, 0) is 36.1 Å². The lowest BCUT2D eigenvalue weighted by Crippen LogP contribution is -2.22. The molecule has 1 amide bonds. The predicted octanol–water partition coefficient (Wildman–Crippen LogP) is 3.47. The lowest BCUT2D eigenvalue weighted by Gasteiger charge is -2.08. The first-order valence-corrected chi connectivity index (χ1v) is 6.96. The van der Waals surface area contributed by atoms with Gasteiger partial charge in [0.15, 0.2) is 0 Å². The highest BCUT2D eigenvalue weighted by atomic mass is 16.5. The first-order valence-electron chi connectivity index (χ1n) is 6.96. The highest BCUT2D eigenvalue weighted by Gasteiger charge is 1.99. The largest absolute Gasteiger partial charge is 0.489 e. The second kappa shape index (κ2) is 7.94. The molecule has 2 N–H and O–H groups in total. The van der Waals surface area contributed by atoms with E-state index < -0.39 is 6.09 Å². The third kappa shape index (κ3) is 5.57. The van der Waals surface area contributed by atoms with Gasteiger partial charge in [0.05, 0.1) is 0 Å². The number of amides is 1. The van der Waals surface area contributed by atoms with Crippen LogP contribution in [0, 0.1) is 0 Å². The van der Waals surface area contributed by atoms with Crippen molar-refractivity contribution in [1.82, 2.24) is 5.32 Å². The zero-order valence-electron chi connectivity index (χ0n) is 11.8. The van der Waals surface area contributed by atoms with Crippen LogP contribution >= 0.6 is 0 Å². The molecule has 2 aromatic rings. The molecule has 2 aromatic carbocycles. The molecule has 0 aliphatic rings. The van der Waals surface area contributed by atoms with E-state index in [1.807, 2.05) is 54.6 Å². The molecule has 0 atom stereocenters. The van der Waals surface area contributed by atoms with Crippen LogP contribution in [-0.2, 0) is 13.0 Å². The average Bonchev–Trinajstić information content (AvgIpc) is 2.51. The summed E-state index contributed by atoms with van der Waals surface area (Å²) in [5.41, 5.74) is 2.28. The quantitative estimate of drug-likeness (QED) is 0.766.